The van der Waals surface area contributed by atoms with Gasteiger partial charge < -0.3 is 10.2 Å². The number of rotatable bonds is 4. The second-order valence-electron chi connectivity index (χ2n) is 6.13. The molecule has 2 saturated heterocycles. The van der Waals surface area contributed by atoms with E-state index in [-0.39, 0.29) is 30.7 Å². The van der Waals surface area contributed by atoms with E-state index in [1.165, 1.54) is 5.56 Å². The minimum absolute atomic E-state index is 0. The topological polar surface area (TPSA) is 35.6 Å². The number of piperazine rings is 1. The monoisotopic (exact) mass is 371 g/mol. The van der Waals surface area contributed by atoms with Crippen LogP contribution in [0.2, 0.25) is 0 Å². The molecule has 1 aromatic rings. The summed E-state index contributed by atoms with van der Waals surface area (Å²) >= 11 is 0. The molecule has 0 aliphatic carbocycles. The first-order valence-electron chi connectivity index (χ1n) is 8.26. The summed E-state index contributed by atoms with van der Waals surface area (Å²) in [5.41, 5.74) is 1.24. The lowest BCUT2D eigenvalue weighted by molar-refractivity contribution is -0.136. The first kappa shape index (κ1) is 21.0. The second-order valence-corrected chi connectivity index (χ2v) is 6.13. The molecule has 1 N–H and O–H groups in total. The normalized spacial score (nSPS) is 21.3. The largest absolute Gasteiger partial charge is 0.340 e. The molecule has 1 amide bonds. The van der Waals surface area contributed by atoms with E-state index in [0.717, 1.165) is 52.2 Å². The molecular weight excluding hydrogens is 345 g/mol. The molecule has 2 heterocycles. The quantitative estimate of drug-likeness (QED) is 0.881. The van der Waals surface area contributed by atoms with Crippen molar-refractivity contribution < 1.29 is 4.79 Å². The van der Waals surface area contributed by atoms with Gasteiger partial charge in [0.15, 0.2) is 0 Å². The minimum Gasteiger partial charge on any atom is -0.340 e. The van der Waals surface area contributed by atoms with Crippen molar-refractivity contribution >= 4 is 36.8 Å². The molecule has 0 saturated carbocycles. The smallest absolute Gasteiger partial charge is 0.227 e. The van der Waals surface area contributed by atoms with Crippen molar-refractivity contribution in [3.05, 3.63) is 42.0 Å². The van der Waals surface area contributed by atoms with Crippen LogP contribution >= 0.6 is 24.8 Å². The lowest BCUT2D eigenvalue weighted by atomic mass is 10.1. The van der Waals surface area contributed by atoms with Crippen LogP contribution in [0.4, 0.5) is 0 Å². The Kier molecular flexibility index (Phi) is 9.37. The van der Waals surface area contributed by atoms with Crippen molar-refractivity contribution in [3.8, 4) is 0 Å². The van der Waals surface area contributed by atoms with Crippen LogP contribution in [-0.4, -0.2) is 61.5 Å². The Bertz CT molecular complexity index is 510. The molecule has 0 radical (unpaired) electrons. The standard InChI is InChI=1S/C18H25N3O.2ClH/c22-18(17-8-9-19-15-17)21-13-11-20(12-14-21)10-4-7-16-5-2-1-3-6-16;;/h1-7,17,19H,8-15H2;2*1H. The number of nitrogens with one attached hydrogen (secondary N) is 1. The Morgan fingerprint density at radius 1 is 1.12 bits per heavy atom. The van der Waals surface area contributed by atoms with Crippen molar-refractivity contribution in [1.82, 2.24) is 15.1 Å². The van der Waals surface area contributed by atoms with E-state index in [1.54, 1.807) is 0 Å². The molecule has 2 fully saturated rings. The van der Waals surface area contributed by atoms with Crippen LogP contribution in [0.25, 0.3) is 6.08 Å². The van der Waals surface area contributed by atoms with E-state index in [1.807, 2.05) is 6.07 Å². The second kappa shape index (κ2) is 10.7. The number of hydrogen-bond donors (Lipinski definition) is 1. The van der Waals surface area contributed by atoms with Gasteiger partial charge in [0.1, 0.15) is 0 Å². The summed E-state index contributed by atoms with van der Waals surface area (Å²) in [6.07, 6.45) is 5.38. The van der Waals surface area contributed by atoms with Crippen LogP contribution in [0.3, 0.4) is 0 Å². The number of carbonyl (C=O) groups excluding carboxylic acids is 1. The molecule has 0 spiro atoms. The van der Waals surface area contributed by atoms with E-state index in [0.29, 0.717) is 5.91 Å². The maximum atomic E-state index is 12.4. The summed E-state index contributed by atoms with van der Waals surface area (Å²) in [5.74, 6) is 0.564. The average Bonchev–Trinajstić information content (AvgIpc) is 3.10. The summed E-state index contributed by atoms with van der Waals surface area (Å²) in [7, 11) is 0. The summed E-state index contributed by atoms with van der Waals surface area (Å²) in [4.78, 5) is 16.8. The third kappa shape index (κ3) is 5.78. The van der Waals surface area contributed by atoms with Crippen LogP contribution in [-0.2, 0) is 4.79 Å². The van der Waals surface area contributed by atoms with Crippen molar-refractivity contribution in [1.29, 1.82) is 0 Å². The zero-order chi connectivity index (χ0) is 15.2. The molecule has 3 rings (SSSR count). The lowest BCUT2D eigenvalue weighted by Gasteiger charge is -2.35. The first-order chi connectivity index (χ1) is 10.8. The number of hydrogen-bond acceptors (Lipinski definition) is 3. The fraction of sp³-hybridized carbons (Fsp3) is 0.500. The highest BCUT2D eigenvalue weighted by Gasteiger charge is 2.28. The van der Waals surface area contributed by atoms with Gasteiger partial charge in [-0.25, -0.2) is 0 Å². The third-order valence-electron chi connectivity index (χ3n) is 4.57. The number of amides is 1. The predicted octanol–water partition coefficient (Wildman–Crippen LogP) is 2.30. The number of halogens is 2. The van der Waals surface area contributed by atoms with Crippen LogP contribution in [0.15, 0.2) is 36.4 Å². The van der Waals surface area contributed by atoms with Gasteiger partial charge in [-0.1, -0.05) is 42.5 Å². The molecule has 1 atom stereocenters. The van der Waals surface area contributed by atoms with E-state index in [2.05, 4.69) is 51.5 Å². The van der Waals surface area contributed by atoms with Gasteiger partial charge in [-0.05, 0) is 18.5 Å². The summed E-state index contributed by atoms with van der Waals surface area (Å²) < 4.78 is 0. The predicted molar refractivity (Wildman–Crippen MR) is 104 cm³/mol. The fourth-order valence-corrected chi connectivity index (χ4v) is 3.18. The van der Waals surface area contributed by atoms with Crippen molar-refractivity contribution in [2.24, 2.45) is 5.92 Å². The molecule has 1 unspecified atom stereocenters. The van der Waals surface area contributed by atoms with Crippen molar-refractivity contribution in [3.63, 3.8) is 0 Å². The first-order valence-corrected chi connectivity index (χ1v) is 8.26. The summed E-state index contributed by atoms with van der Waals surface area (Å²) in [6.45, 7) is 6.50. The Balaban J connectivity index is 0.00000144. The Morgan fingerprint density at radius 3 is 2.46 bits per heavy atom. The van der Waals surface area contributed by atoms with Gasteiger partial charge >= 0.3 is 0 Å². The maximum absolute atomic E-state index is 12.4. The van der Waals surface area contributed by atoms with Crippen LogP contribution in [0.5, 0.6) is 0 Å². The Morgan fingerprint density at radius 2 is 1.83 bits per heavy atom. The Hall–Kier alpha value is -1.07. The number of nitrogens with zero attached hydrogens (tertiary/aromatic N) is 2. The van der Waals surface area contributed by atoms with E-state index < -0.39 is 0 Å². The highest BCUT2D eigenvalue weighted by Crippen LogP contribution is 2.13. The molecule has 1 aromatic carbocycles. The van der Waals surface area contributed by atoms with Gasteiger partial charge in [-0.15, -0.1) is 24.8 Å². The molecule has 24 heavy (non-hydrogen) atoms. The van der Waals surface area contributed by atoms with E-state index >= 15 is 0 Å². The minimum atomic E-state index is 0. The van der Waals surface area contributed by atoms with E-state index in [9.17, 15) is 4.79 Å². The summed E-state index contributed by atoms with van der Waals surface area (Å²) in [5, 5.41) is 3.28. The van der Waals surface area contributed by atoms with Crippen molar-refractivity contribution in [2.75, 3.05) is 45.8 Å². The molecule has 0 aromatic heterocycles. The molecule has 0 bridgehead atoms. The van der Waals surface area contributed by atoms with E-state index in [4.69, 9.17) is 0 Å². The third-order valence-corrected chi connectivity index (χ3v) is 4.57. The van der Waals surface area contributed by atoms with Gasteiger partial charge in [0.25, 0.3) is 0 Å². The highest BCUT2D eigenvalue weighted by atomic mass is 35.5. The van der Waals surface area contributed by atoms with Crippen LogP contribution < -0.4 is 5.32 Å². The molecule has 2 aliphatic heterocycles. The van der Waals surface area contributed by atoms with Gasteiger partial charge in [0.05, 0.1) is 5.92 Å². The average molecular weight is 372 g/mol. The Labute approximate surface area is 157 Å². The van der Waals surface area contributed by atoms with Crippen molar-refractivity contribution in [2.45, 2.75) is 6.42 Å². The number of carbonyl (C=O) groups is 1. The SMILES string of the molecule is Cl.Cl.O=C(C1CCNC1)N1CCN(CC=Cc2ccccc2)CC1. The molecular formula is C18H27Cl2N3O. The van der Waals surface area contributed by atoms with Crippen LogP contribution in [0, 0.1) is 5.92 Å². The highest BCUT2D eigenvalue weighted by molar-refractivity contribution is 5.85. The summed E-state index contributed by atoms with van der Waals surface area (Å²) in [6, 6.07) is 10.4. The fourth-order valence-electron chi connectivity index (χ4n) is 3.18. The molecule has 2 aliphatic rings. The molecule has 6 heteroatoms. The molecule has 134 valence electrons. The van der Waals surface area contributed by atoms with Gasteiger partial charge in [0, 0.05) is 39.3 Å². The molecule has 4 nitrogen and oxygen atoms in total. The zero-order valence-corrected chi connectivity index (χ0v) is 15.5. The van der Waals surface area contributed by atoms with Gasteiger partial charge in [0.2, 0.25) is 5.91 Å². The van der Waals surface area contributed by atoms with Crippen LogP contribution in [0.1, 0.15) is 12.0 Å². The lowest BCUT2D eigenvalue weighted by Crippen LogP contribution is -2.50. The van der Waals surface area contributed by atoms with Gasteiger partial charge in [-0.2, -0.15) is 0 Å². The zero-order valence-electron chi connectivity index (χ0n) is 13.9. The van der Waals surface area contributed by atoms with Gasteiger partial charge in [-0.3, -0.25) is 9.69 Å². The number of benzene rings is 1. The maximum Gasteiger partial charge on any atom is 0.227 e.